The van der Waals surface area contributed by atoms with E-state index in [1.54, 1.807) is 0 Å². The van der Waals surface area contributed by atoms with Crippen molar-refractivity contribution in [3.8, 4) is 45.8 Å². The predicted molar refractivity (Wildman–Crippen MR) is 188 cm³/mol. The van der Waals surface area contributed by atoms with E-state index in [-0.39, 0.29) is 0 Å². The Hall–Kier alpha value is -6.04. The van der Waals surface area contributed by atoms with Gasteiger partial charge in [-0.05, 0) is 72.2 Å². The molecule has 49 heavy (non-hydrogen) atoms. The van der Waals surface area contributed by atoms with E-state index in [0.29, 0.717) is 62.6 Å². The highest BCUT2D eigenvalue weighted by molar-refractivity contribution is 6.03. The Kier molecular flexibility index (Phi) is 6.54. The van der Waals surface area contributed by atoms with Gasteiger partial charge in [0.05, 0.1) is 18.0 Å². The lowest BCUT2D eigenvalue weighted by atomic mass is 10.1. The number of nitrogens with zero attached hydrogens (tertiary/aromatic N) is 10. The third-order valence-corrected chi connectivity index (χ3v) is 9.47. The van der Waals surface area contributed by atoms with E-state index in [2.05, 4.69) is 61.9 Å². The molecule has 0 unspecified atom stereocenters. The topological polar surface area (TPSA) is 151 Å². The molecule has 2 aliphatic rings. The Morgan fingerprint density at radius 1 is 0.490 bits per heavy atom. The molecule has 12 nitrogen and oxygen atoms in total. The van der Waals surface area contributed by atoms with Crippen molar-refractivity contribution in [1.29, 1.82) is 0 Å². The van der Waals surface area contributed by atoms with Crippen molar-refractivity contribution in [1.82, 2.24) is 54.8 Å². The van der Waals surface area contributed by atoms with Gasteiger partial charge in [0.1, 0.15) is 22.4 Å². The first-order chi connectivity index (χ1) is 24.0. The molecule has 7 aromatic rings. The summed E-state index contributed by atoms with van der Waals surface area (Å²) in [5, 5.41) is 1.72. The minimum atomic E-state index is 0.463. The summed E-state index contributed by atoms with van der Waals surface area (Å²) in [5.74, 6) is 2.34. The van der Waals surface area contributed by atoms with Gasteiger partial charge in [-0.2, -0.15) is 0 Å². The molecule has 2 aliphatic heterocycles. The van der Waals surface area contributed by atoms with Crippen LogP contribution in [0.5, 0.6) is 0 Å². The molecule has 0 spiro atoms. The zero-order chi connectivity index (χ0) is 33.4. The minimum Gasteiger partial charge on any atom is -0.309 e. The largest absolute Gasteiger partial charge is 0.309 e. The van der Waals surface area contributed by atoms with Gasteiger partial charge in [0.25, 0.3) is 11.6 Å². The smallest absolute Gasteiger partial charge is 0.291 e. The van der Waals surface area contributed by atoms with Crippen molar-refractivity contribution in [2.45, 2.75) is 53.4 Å². The molecule has 0 fully saturated rings. The molecule has 8 bridgehead atoms. The number of H-pyrrole nitrogens is 2. The van der Waals surface area contributed by atoms with Crippen LogP contribution in [0.1, 0.15) is 49.9 Å². The number of nitrogens with one attached hydrogen (secondary N) is 2. The fourth-order valence-electron chi connectivity index (χ4n) is 6.56. The molecule has 12 heteroatoms. The molecular weight excluding hydrogens is 612 g/mol. The van der Waals surface area contributed by atoms with Gasteiger partial charge in [0.2, 0.25) is 11.3 Å². The van der Waals surface area contributed by atoms with Crippen molar-refractivity contribution >= 4 is 44.4 Å². The molecular formula is C37H33N12+. The Morgan fingerprint density at radius 2 is 0.980 bits per heavy atom. The van der Waals surface area contributed by atoms with Gasteiger partial charge in [-0.15, -0.1) is 0 Å². The molecule has 2 N–H and O–H groups in total. The highest BCUT2D eigenvalue weighted by Gasteiger charge is 2.31. The van der Waals surface area contributed by atoms with Gasteiger partial charge in [-0.3, -0.25) is 15.0 Å². The standard InChI is InChI=1S/C37H32N12/c1-6-18-10-22-26(38-14-18)33-42-30(22)43-34-27-24(12-20(8-3)15-39-27)32(46-34)47-37-29-25(13-21(9-4)17-41-29)36(49(37)5)48-35-28-23(31(44-33)45-35)11-19(7-2)16-40-28/h10-17H,6-9H2,1-5H3,(H,38,39,40,41,42,43,44,45,46,47,48)/p+1. The summed E-state index contributed by atoms with van der Waals surface area (Å²) in [6, 6.07) is 8.49. The molecule has 9 heterocycles. The maximum atomic E-state index is 5.24. The fraction of sp³-hybridized carbons (Fsp3) is 0.243. The van der Waals surface area contributed by atoms with Crippen LogP contribution in [0.25, 0.3) is 90.2 Å². The number of pyridine rings is 4. The molecule has 0 aromatic carbocycles. The Balaban J connectivity index is 1.50. The second-order valence-corrected chi connectivity index (χ2v) is 12.4. The molecule has 0 saturated heterocycles. The van der Waals surface area contributed by atoms with E-state index in [1.807, 2.05) is 36.4 Å². The van der Waals surface area contributed by atoms with Crippen LogP contribution < -0.4 is 4.57 Å². The second kappa shape index (κ2) is 11.0. The number of aryl methyl sites for hydroxylation is 4. The number of hydrogen-bond acceptors (Lipinski definition) is 9. The third-order valence-electron chi connectivity index (χ3n) is 9.47. The summed E-state index contributed by atoms with van der Waals surface area (Å²) in [6.45, 7) is 8.45. The van der Waals surface area contributed by atoms with Crippen molar-refractivity contribution < 1.29 is 4.57 Å². The summed E-state index contributed by atoms with van der Waals surface area (Å²) in [7, 11) is 1.97. The van der Waals surface area contributed by atoms with Gasteiger partial charge in [0.15, 0.2) is 23.0 Å². The van der Waals surface area contributed by atoms with E-state index in [4.69, 9.17) is 44.9 Å². The first kappa shape index (κ1) is 29.1. The average Bonchev–Trinajstić information content (AvgIpc) is 3.84. The lowest BCUT2D eigenvalue weighted by Crippen LogP contribution is -2.31. The number of fused-ring (bicyclic) bond motifs is 20. The van der Waals surface area contributed by atoms with Crippen LogP contribution in [-0.4, -0.2) is 54.8 Å². The zero-order valence-corrected chi connectivity index (χ0v) is 27.9. The van der Waals surface area contributed by atoms with E-state index < -0.39 is 0 Å². The summed E-state index contributed by atoms with van der Waals surface area (Å²) < 4.78 is 1.99. The monoisotopic (exact) mass is 645 g/mol. The quantitative estimate of drug-likeness (QED) is 0.215. The molecule has 0 radical (unpaired) electrons. The average molecular weight is 646 g/mol. The van der Waals surface area contributed by atoms with Crippen LogP contribution in [0.4, 0.5) is 0 Å². The molecule has 0 saturated carbocycles. The summed E-state index contributed by atoms with van der Waals surface area (Å²) in [5.41, 5.74) is 11.3. The third kappa shape index (κ3) is 4.50. The SMILES string of the molecule is CCc1cnc2c(c1)-c1nc-2nc2[nH]c(nc3[n+](C)c(nc4[nH]c(n1)c1ncc(CC)cc41)-c1ncc(CC)cc1-3)c1ncc(CC)cc21. The van der Waals surface area contributed by atoms with Crippen LogP contribution in [0.15, 0.2) is 49.1 Å². The minimum absolute atomic E-state index is 0.463. The molecule has 0 amide bonds. The van der Waals surface area contributed by atoms with E-state index in [9.17, 15) is 0 Å². The van der Waals surface area contributed by atoms with Gasteiger partial charge in [0, 0.05) is 35.7 Å². The Morgan fingerprint density at radius 3 is 1.61 bits per heavy atom. The number of aromatic amines is 2. The molecule has 9 rings (SSSR count). The van der Waals surface area contributed by atoms with Crippen molar-refractivity contribution in [2.75, 3.05) is 0 Å². The highest BCUT2D eigenvalue weighted by atomic mass is 15.1. The van der Waals surface area contributed by atoms with Crippen LogP contribution in [-0.2, 0) is 32.7 Å². The van der Waals surface area contributed by atoms with Crippen LogP contribution in [0.3, 0.4) is 0 Å². The second-order valence-electron chi connectivity index (χ2n) is 12.4. The van der Waals surface area contributed by atoms with Crippen LogP contribution in [0.2, 0.25) is 0 Å². The number of hydrogen-bond donors (Lipinski definition) is 2. The van der Waals surface area contributed by atoms with Crippen molar-refractivity contribution in [2.24, 2.45) is 7.05 Å². The summed E-state index contributed by atoms with van der Waals surface area (Å²) in [4.78, 5) is 52.1. The maximum absolute atomic E-state index is 5.24. The molecule has 0 atom stereocenters. The highest BCUT2D eigenvalue weighted by Crippen LogP contribution is 2.35. The molecule has 240 valence electrons. The maximum Gasteiger partial charge on any atom is 0.291 e. The Bertz CT molecular complexity index is 2690. The predicted octanol–water partition coefficient (Wildman–Crippen LogP) is 6.13. The van der Waals surface area contributed by atoms with E-state index >= 15 is 0 Å². The van der Waals surface area contributed by atoms with E-state index in [0.717, 1.165) is 75.5 Å². The van der Waals surface area contributed by atoms with Gasteiger partial charge < -0.3 is 9.97 Å². The van der Waals surface area contributed by atoms with Crippen molar-refractivity contribution in [3.05, 3.63) is 71.3 Å². The van der Waals surface area contributed by atoms with Gasteiger partial charge in [-0.1, -0.05) is 37.7 Å². The first-order valence-electron chi connectivity index (χ1n) is 16.8. The van der Waals surface area contributed by atoms with Crippen LogP contribution >= 0.6 is 0 Å². The summed E-state index contributed by atoms with van der Waals surface area (Å²) >= 11 is 0. The number of rotatable bonds is 4. The van der Waals surface area contributed by atoms with E-state index in [1.165, 1.54) is 0 Å². The first-order valence-corrected chi connectivity index (χ1v) is 16.8. The lowest BCUT2D eigenvalue weighted by molar-refractivity contribution is -0.650. The van der Waals surface area contributed by atoms with Gasteiger partial charge in [-0.25, -0.2) is 24.5 Å². The summed E-state index contributed by atoms with van der Waals surface area (Å²) in [6.07, 6.45) is 10.9. The van der Waals surface area contributed by atoms with Crippen molar-refractivity contribution in [3.63, 3.8) is 0 Å². The fourth-order valence-corrected chi connectivity index (χ4v) is 6.56. The Labute approximate surface area is 280 Å². The number of aromatic nitrogens is 12. The lowest BCUT2D eigenvalue weighted by Gasteiger charge is -2.01. The zero-order valence-electron chi connectivity index (χ0n) is 27.9. The molecule has 7 aromatic heterocycles. The van der Waals surface area contributed by atoms with Gasteiger partial charge >= 0.3 is 0 Å². The van der Waals surface area contributed by atoms with Crippen LogP contribution in [0, 0.1) is 0 Å². The molecule has 0 aliphatic carbocycles. The normalized spacial score (nSPS) is 12.1.